The average Bonchev–Trinajstić information content (AvgIpc) is 2.66. The number of benzene rings is 3. The van der Waals surface area contributed by atoms with Crippen LogP contribution in [0.4, 0.5) is 0 Å². The summed E-state index contributed by atoms with van der Waals surface area (Å²) >= 11 is 0. The molecule has 25 heavy (non-hydrogen) atoms. The number of hydrogen-bond acceptors (Lipinski definition) is 5. The minimum absolute atomic E-state index is 0.357. The van der Waals surface area contributed by atoms with Crippen molar-refractivity contribution in [2.24, 2.45) is 0 Å². The van der Waals surface area contributed by atoms with Crippen molar-refractivity contribution in [1.29, 1.82) is 0 Å². The van der Waals surface area contributed by atoms with Crippen molar-refractivity contribution in [2.75, 3.05) is 21.3 Å². The lowest BCUT2D eigenvalue weighted by molar-refractivity contribution is 0.0731. The molecule has 128 valence electrons. The quantitative estimate of drug-likeness (QED) is 0.518. The van der Waals surface area contributed by atoms with Crippen molar-refractivity contribution < 1.29 is 23.7 Å². The third-order valence-corrected chi connectivity index (χ3v) is 3.87. The van der Waals surface area contributed by atoms with Crippen LogP contribution in [0.5, 0.6) is 23.0 Å². The molecule has 0 atom stereocenters. The lowest BCUT2D eigenvalue weighted by atomic mass is 10.1. The first-order valence-electron chi connectivity index (χ1n) is 7.68. The fraction of sp³-hybridized carbons (Fsp3) is 0.150. The predicted octanol–water partition coefficient (Wildman–Crippen LogP) is 4.08. The van der Waals surface area contributed by atoms with Crippen LogP contribution in [0.15, 0.2) is 54.6 Å². The zero-order valence-electron chi connectivity index (χ0n) is 14.2. The molecule has 0 aromatic heterocycles. The summed E-state index contributed by atoms with van der Waals surface area (Å²) < 4.78 is 21.3. The first kappa shape index (κ1) is 16.6. The van der Waals surface area contributed by atoms with Gasteiger partial charge in [-0.15, -0.1) is 0 Å². The van der Waals surface area contributed by atoms with E-state index in [-0.39, 0.29) is 0 Å². The van der Waals surface area contributed by atoms with Crippen molar-refractivity contribution in [3.05, 3.63) is 60.2 Å². The van der Waals surface area contributed by atoms with Gasteiger partial charge in [0.25, 0.3) is 0 Å². The highest BCUT2D eigenvalue weighted by Crippen LogP contribution is 2.33. The molecule has 0 saturated heterocycles. The smallest absolute Gasteiger partial charge is 0.347 e. The molecule has 0 radical (unpaired) electrons. The van der Waals surface area contributed by atoms with Gasteiger partial charge in [0.1, 0.15) is 17.1 Å². The van der Waals surface area contributed by atoms with Crippen LogP contribution in [0.2, 0.25) is 0 Å². The van der Waals surface area contributed by atoms with Gasteiger partial charge < -0.3 is 18.9 Å². The highest BCUT2D eigenvalue weighted by molar-refractivity contribution is 6.02. The normalized spacial score (nSPS) is 10.4. The lowest BCUT2D eigenvalue weighted by Crippen LogP contribution is -2.10. The second-order valence-electron chi connectivity index (χ2n) is 5.27. The first-order valence-corrected chi connectivity index (χ1v) is 7.68. The summed E-state index contributed by atoms with van der Waals surface area (Å²) in [6.07, 6.45) is 0. The molecule has 0 spiro atoms. The van der Waals surface area contributed by atoms with Gasteiger partial charge in [0.2, 0.25) is 0 Å². The maximum atomic E-state index is 12.6. The summed E-state index contributed by atoms with van der Waals surface area (Å²) in [5, 5.41) is 1.84. The summed E-state index contributed by atoms with van der Waals surface area (Å²) in [5.74, 6) is 1.39. The number of ether oxygens (including phenoxy) is 4. The van der Waals surface area contributed by atoms with Gasteiger partial charge >= 0.3 is 5.97 Å². The van der Waals surface area contributed by atoms with E-state index in [4.69, 9.17) is 18.9 Å². The molecule has 3 aromatic carbocycles. The fourth-order valence-corrected chi connectivity index (χ4v) is 2.67. The van der Waals surface area contributed by atoms with E-state index in [9.17, 15) is 4.79 Å². The van der Waals surface area contributed by atoms with Crippen molar-refractivity contribution in [3.8, 4) is 23.0 Å². The number of esters is 1. The Kier molecular flexibility index (Phi) is 4.75. The van der Waals surface area contributed by atoms with E-state index in [1.807, 2.05) is 30.3 Å². The number of carbonyl (C=O) groups excluding carboxylic acids is 1. The SMILES string of the molecule is COc1ccc(OC(=O)c2ccc3ccccc3c2OC)cc1OC. The highest BCUT2D eigenvalue weighted by atomic mass is 16.5. The Morgan fingerprint density at radius 3 is 2.28 bits per heavy atom. The lowest BCUT2D eigenvalue weighted by Gasteiger charge is -2.13. The van der Waals surface area contributed by atoms with E-state index < -0.39 is 5.97 Å². The molecule has 5 nitrogen and oxygen atoms in total. The number of carbonyl (C=O) groups is 1. The molecule has 0 unspecified atom stereocenters. The maximum Gasteiger partial charge on any atom is 0.347 e. The van der Waals surface area contributed by atoms with Crippen LogP contribution in [0.1, 0.15) is 10.4 Å². The Morgan fingerprint density at radius 1 is 0.800 bits per heavy atom. The second-order valence-corrected chi connectivity index (χ2v) is 5.27. The van der Waals surface area contributed by atoms with Gasteiger partial charge in [-0.05, 0) is 23.6 Å². The summed E-state index contributed by atoms with van der Waals surface area (Å²) in [5.41, 5.74) is 0.357. The van der Waals surface area contributed by atoms with Crippen LogP contribution < -0.4 is 18.9 Å². The number of rotatable bonds is 5. The Morgan fingerprint density at radius 2 is 1.56 bits per heavy atom. The monoisotopic (exact) mass is 338 g/mol. The van der Waals surface area contributed by atoms with Crippen LogP contribution in [0, 0.1) is 0 Å². The zero-order chi connectivity index (χ0) is 17.8. The van der Waals surface area contributed by atoms with Gasteiger partial charge in [0.05, 0.1) is 21.3 Å². The van der Waals surface area contributed by atoms with Crippen molar-refractivity contribution in [3.63, 3.8) is 0 Å². The van der Waals surface area contributed by atoms with Crippen molar-refractivity contribution in [2.45, 2.75) is 0 Å². The molecule has 0 heterocycles. The van der Waals surface area contributed by atoms with E-state index >= 15 is 0 Å². The van der Waals surface area contributed by atoms with Crippen LogP contribution in [-0.4, -0.2) is 27.3 Å². The van der Waals surface area contributed by atoms with Gasteiger partial charge in [0, 0.05) is 11.5 Å². The van der Waals surface area contributed by atoms with E-state index in [2.05, 4.69) is 0 Å². The molecule has 0 N–H and O–H groups in total. The van der Waals surface area contributed by atoms with Crippen molar-refractivity contribution >= 4 is 16.7 Å². The molecule has 0 aliphatic carbocycles. The van der Waals surface area contributed by atoms with E-state index in [1.165, 1.54) is 14.2 Å². The van der Waals surface area contributed by atoms with E-state index in [0.717, 1.165) is 10.8 Å². The third-order valence-electron chi connectivity index (χ3n) is 3.87. The molecule has 0 fully saturated rings. The molecular formula is C20H18O5. The molecule has 0 aliphatic heterocycles. The molecule has 3 rings (SSSR count). The predicted molar refractivity (Wildman–Crippen MR) is 95.0 cm³/mol. The zero-order valence-corrected chi connectivity index (χ0v) is 14.2. The summed E-state index contributed by atoms with van der Waals surface area (Å²) in [6.45, 7) is 0. The largest absolute Gasteiger partial charge is 0.495 e. The minimum Gasteiger partial charge on any atom is -0.495 e. The molecular weight excluding hydrogens is 320 g/mol. The number of fused-ring (bicyclic) bond motifs is 1. The van der Waals surface area contributed by atoms with Crippen LogP contribution in [-0.2, 0) is 0 Å². The summed E-state index contributed by atoms with van der Waals surface area (Å²) in [7, 11) is 4.61. The van der Waals surface area contributed by atoms with Gasteiger partial charge in [0.15, 0.2) is 11.5 Å². The molecule has 3 aromatic rings. The molecule has 5 heteroatoms. The third kappa shape index (κ3) is 3.21. The molecule has 0 aliphatic rings. The molecule has 0 amide bonds. The van der Waals surface area contributed by atoms with Crippen LogP contribution >= 0.6 is 0 Å². The van der Waals surface area contributed by atoms with Gasteiger partial charge in [-0.3, -0.25) is 0 Å². The molecule has 0 saturated carbocycles. The van der Waals surface area contributed by atoms with E-state index in [1.54, 1.807) is 31.4 Å². The maximum absolute atomic E-state index is 12.6. The fourth-order valence-electron chi connectivity index (χ4n) is 2.67. The van der Waals surface area contributed by atoms with Gasteiger partial charge in [-0.25, -0.2) is 4.79 Å². The molecule has 0 bridgehead atoms. The van der Waals surface area contributed by atoms with Gasteiger partial charge in [-0.1, -0.05) is 30.3 Å². The highest BCUT2D eigenvalue weighted by Gasteiger charge is 2.18. The van der Waals surface area contributed by atoms with E-state index in [0.29, 0.717) is 28.6 Å². The van der Waals surface area contributed by atoms with Crippen LogP contribution in [0.25, 0.3) is 10.8 Å². The minimum atomic E-state index is -0.505. The number of hydrogen-bond donors (Lipinski definition) is 0. The Balaban J connectivity index is 1.95. The second kappa shape index (κ2) is 7.13. The summed E-state index contributed by atoms with van der Waals surface area (Å²) in [4.78, 5) is 12.6. The Labute approximate surface area is 145 Å². The summed E-state index contributed by atoms with van der Waals surface area (Å²) in [6, 6.07) is 16.2. The van der Waals surface area contributed by atoms with Crippen LogP contribution in [0.3, 0.4) is 0 Å². The Hall–Kier alpha value is -3.21. The topological polar surface area (TPSA) is 54.0 Å². The average molecular weight is 338 g/mol. The van der Waals surface area contributed by atoms with Gasteiger partial charge in [-0.2, -0.15) is 0 Å². The van der Waals surface area contributed by atoms with Crippen molar-refractivity contribution in [1.82, 2.24) is 0 Å². The number of methoxy groups -OCH3 is 3. The first-order chi connectivity index (χ1) is 12.2. The standard InChI is InChI=1S/C20H18O5/c1-22-17-11-9-14(12-18(17)23-2)25-20(21)16-10-8-13-6-4-5-7-15(13)19(16)24-3/h4-12H,1-3H3. The Bertz CT molecular complexity index is 917.